The first-order chi connectivity index (χ1) is 16.1. The Morgan fingerprint density at radius 3 is 2.52 bits per heavy atom. The van der Waals surface area contributed by atoms with Crippen LogP contribution in [0, 0.1) is 0 Å². The summed E-state index contributed by atoms with van der Waals surface area (Å²) in [5.74, 6) is -0.715. The number of amides is 2. The normalized spacial score (nSPS) is 13.3. The van der Waals surface area contributed by atoms with Crippen molar-refractivity contribution in [2.45, 2.75) is 13.5 Å². The highest BCUT2D eigenvalue weighted by atomic mass is 16.5. The Balaban J connectivity index is 1.56. The SMILES string of the molecule is CCOC(=O)C1=C(COC(=O)c2oc3ccccc3c2COc2ccccc2)NC(=O)NC1. The van der Waals surface area contributed by atoms with Gasteiger partial charge in [0.15, 0.2) is 0 Å². The lowest BCUT2D eigenvalue weighted by molar-refractivity contribution is -0.138. The lowest BCUT2D eigenvalue weighted by Crippen LogP contribution is -2.45. The minimum atomic E-state index is -0.749. The van der Waals surface area contributed by atoms with Crippen LogP contribution in [0.4, 0.5) is 4.79 Å². The number of carbonyl (C=O) groups is 3. The number of rotatable bonds is 8. The van der Waals surface area contributed by atoms with Crippen molar-refractivity contribution in [2.24, 2.45) is 0 Å². The molecule has 9 heteroatoms. The predicted octanol–water partition coefficient (Wildman–Crippen LogP) is 3.30. The molecule has 0 spiro atoms. The molecule has 1 aromatic heterocycles. The Labute approximate surface area is 189 Å². The Morgan fingerprint density at radius 2 is 1.73 bits per heavy atom. The second-order valence-corrected chi connectivity index (χ2v) is 7.07. The van der Waals surface area contributed by atoms with Gasteiger partial charge in [-0.15, -0.1) is 0 Å². The van der Waals surface area contributed by atoms with Gasteiger partial charge >= 0.3 is 18.0 Å². The molecule has 2 aromatic carbocycles. The van der Waals surface area contributed by atoms with E-state index in [0.717, 1.165) is 5.39 Å². The molecule has 1 aliphatic heterocycles. The first-order valence-electron chi connectivity index (χ1n) is 10.4. The first kappa shape index (κ1) is 21.9. The van der Waals surface area contributed by atoms with Crippen LogP contribution in [-0.4, -0.2) is 37.7 Å². The van der Waals surface area contributed by atoms with E-state index in [0.29, 0.717) is 16.9 Å². The van der Waals surface area contributed by atoms with E-state index >= 15 is 0 Å². The maximum absolute atomic E-state index is 12.9. The average molecular weight is 450 g/mol. The van der Waals surface area contributed by atoms with Crippen molar-refractivity contribution >= 4 is 28.9 Å². The van der Waals surface area contributed by atoms with Gasteiger partial charge in [0.2, 0.25) is 5.76 Å². The van der Waals surface area contributed by atoms with Gasteiger partial charge in [0.1, 0.15) is 24.5 Å². The number of para-hydroxylation sites is 2. The molecule has 0 unspecified atom stereocenters. The summed E-state index contributed by atoms with van der Waals surface area (Å²) in [4.78, 5) is 36.8. The maximum Gasteiger partial charge on any atom is 0.375 e. The molecule has 0 aliphatic carbocycles. The zero-order valence-corrected chi connectivity index (χ0v) is 17.9. The summed E-state index contributed by atoms with van der Waals surface area (Å²) < 4.78 is 22.0. The fraction of sp³-hybridized carbons (Fsp3) is 0.208. The van der Waals surface area contributed by atoms with Crippen molar-refractivity contribution in [3.8, 4) is 5.75 Å². The lowest BCUT2D eigenvalue weighted by Gasteiger charge is -2.21. The van der Waals surface area contributed by atoms with Gasteiger partial charge in [-0.25, -0.2) is 14.4 Å². The Hall–Kier alpha value is -4.27. The van der Waals surface area contributed by atoms with Gasteiger partial charge in [-0.3, -0.25) is 0 Å². The van der Waals surface area contributed by atoms with E-state index in [1.807, 2.05) is 42.5 Å². The highest BCUT2D eigenvalue weighted by Gasteiger charge is 2.27. The first-order valence-corrected chi connectivity index (χ1v) is 10.4. The van der Waals surface area contributed by atoms with Gasteiger partial charge in [0.05, 0.1) is 30.0 Å². The van der Waals surface area contributed by atoms with E-state index in [1.165, 1.54) is 0 Å². The number of fused-ring (bicyclic) bond motifs is 1. The molecule has 33 heavy (non-hydrogen) atoms. The third-order valence-corrected chi connectivity index (χ3v) is 4.93. The van der Waals surface area contributed by atoms with E-state index in [1.54, 1.807) is 19.1 Å². The quantitative estimate of drug-likeness (QED) is 0.506. The van der Waals surface area contributed by atoms with Gasteiger partial charge < -0.3 is 29.3 Å². The minimum absolute atomic E-state index is 0.00863. The maximum atomic E-state index is 12.9. The van der Waals surface area contributed by atoms with Crippen LogP contribution in [0.5, 0.6) is 5.75 Å². The van der Waals surface area contributed by atoms with Crippen LogP contribution >= 0.6 is 0 Å². The van der Waals surface area contributed by atoms with Crippen molar-refractivity contribution in [3.63, 3.8) is 0 Å². The number of urea groups is 1. The molecular weight excluding hydrogens is 428 g/mol. The van der Waals surface area contributed by atoms with Crippen LogP contribution in [0.1, 0.15) is 23.0 Å². The number of hydrogen-bond donors (Lipinski definition) is 2. The predicted molar refractivity (Wildman–Crippen MR) is 117 cm³/mol. The number of ether oxygens (including phenoxy) is 3. The standard InChI is InChI=1S/C24H22N2O7/c1-2-30-22(27)17-12-25-24(29)26-19(17)14-32-23(28)21-18(13-31-15-8-4-3-5-9-15)16-10-6-7-11-20(16)33-21/h3-11H,2,12-14H2,1H3,(H2,25,26,29). The molecule has 3 aromatic rings. The van der Waals surface area contributed by atoms with Crippen molar-refractivity contribution in [1.29, 1.82) is 0 Å². The van der Waals surface area contributed by atoms with Gasteiger partial charge in [-0.2, -0.15) is 0 Å². The molecule has 2 amide bonds. The summed E-state index contributed by atoms with van der Waals surface area (Å²) in [6.07, 6.45) is 0. The molecule has 0 fully saturated rings. The molecule has 9 nitrogen and oxygen atoms in total. The van der Waals surface area contributed by atoms with Crippen molar-refractivity contribution in [1.82, 2.24) is 10.6 Å². The third kappa shape index (κ3) is 4.98. The Kier molecular flexibility index (Phi) is 6.58. The molecular formula is C24H22N2O7. The number of hydrogen-bond acceptors (Lipinski definition) is 7. The van der Waals surface area contributed by atoms with Crippen molar-refractivity contribution in [2.75, 3.05) is 19.8 Å². The fourth-order valence-corrected chi connectivity index (χ4v) is 3.35. The van der Waals surface area contributed by atoms with E-state index in [2.05, 4.69) is 10.6 Å². The molecule has 0 radical (unpaired) electrons. The van der Waals surface area contributed by atoms with Crippen LogP contribution in [0.2, 0.25) is 0 Å². The summed E-state index contributed by atoms with van der Waals surface area (Å²) in [6.45, 7) is 1.57. The highest BCUT2D eigenvalue weighted by Crippen LogP contribution is 2.28. The largest absolute Gasteiger partial charge is 0.489 e. The van der Waals surface area contributed by atoms with Gasteiger partial charge in [-0.05, 0) is 25.1 Å². The smallest absolute Gasteiger partial charge is 0.375 e. The number of furan rings is 1. The zero-order chi connectivity index (χ0) is 23.2. The summed E-state index contributed by atoms with van der Waals surface area (Å²) in [7, 11) is 0. The Bertz CT molecular complexity index is 1210. The zero-order valence-electron chi connectivity index (χ0n) is 17.9. The molecule has 1 aliphatic rings. The molecule has 0 saturated heterocycles. The Morgan fingerprint density at radius 1 is 0.970 bits per heavy atom. The topological polar surface area (TPSA) is 116 Å². The minimum Gasteiger partial charge on any atom is -0.489 e. The number of nitrogens with one attached hydrogen (secondary N) is 2. The average Bonchev–Trinajstić information content (AvgIpc) is 3.21. The van der Waals surface area contributed by atoms with E-state index in [9.17, 15) is 14.4 Å². The van der Waals surface area contributed by atoms with E-state index in [4.69, 9.17) is 18.6 Å². The van der Waals surface area contributed by atoms with Gasteiger partial charge in [0, 0.05) is 5.39 Å². The van der Waals surface area contributed by atoms with E-state index in [-0.39, 0.29) is 43.4 Å². The second kappa shape index (κ2) is 9.90. The van der Waals surface area contributed by atoms with E-state index < -0.39 is 18.0 Å². The molecule has 170 valence electrons. The van der Waals surface area contributed by atoms with Crippen LogP contribution in [-0.2, 0) is 20.9 Å². The number of esters is 2. The van der Waals surface area contributed by atoms with Crippen LogP contribution in [0.3, 0.4) is 0 Å². The number of benzene rings is 2. The molecule has 0 bridgehead atoms. The van der Waals surface area contributed by atoms with Crippen molar-refractivity contribution in [3.05, 3.63) is 77.2 Å². The van der Waals surface area contributed by atoms with Gasteiger partial charge in [-0.1, -0.05) is 36.4 Å². The third-order valence-electron chi connectivity index (χ3n) is 4.93. The lowest BCUT2D eigenvalue weighted by atomic mass is 10.1. The molecule has 0 atom stereocenters. The highest BCUT2D eigenvalue weighted by molar-refractivity contribution is 5.97. The van der Waals surface area contributed by atoms with Crippen LogP contribution in [0.25, 0.3) is 11.0 Å². The number of carbonyl (C=O) groups excluding carboxylic acids is 3. The summed E-state index contributed by atoms with van der Waals surface area (Å²) in [5, 5.41) is 5.72. The second-order valence-electron chi connectivity index (χ2n) is 7.07. The monoisotopic (exact) mass is 450 g/mol. The molecule has 4 rings (SSSR count). The van der Waals surface area contributed by atoms with Gasteiger partial charge in [0.25, 0.3) is 0 Å². The molecule has 0 saturated carbocycles. The summed E-state index contributed by atoms with van der Waals surface area (Å²) >= 11 is 0. The summed E-state index contributed by atoms with van der Waals surface area (Å²) in [5.41, 5.74) is 1.39. The molecule has 2 heterocycles. The molecule has 2 N–H and O–H groups in total. The fourth-order valence-electron chi connectivity index (χ4n) is 3.35. The van der Waals surface area contributed by atoms with Crippen LogP contribution < -0.4 is 15.4 Å². The summed E-state index contributed by atoms with van der Waals surface area (Å²) in [6, 6.07) is 15.9. The van der Waals surface area contributed by atoms with Crippen molar-refractivity contribution < 1.29 is 33.0 Å². The van der Waals surface area contributed by atoms with Crippen LogP contribution in [0.15, 0.2) is 70.3 Å².